The summed E-state index contributed by atoms with van der Waals surface area (Å²) in [6.07, 6.45) is 0. The molecule has 0 aliphatic heterocycles. The second kappa shape index (κ2) is 6.24. The summed E-state index contributed by atoms with van der Waals surface area (Å²) in [5, 5.41) is 9.18. The zero-order chi connectivity index (χ0) is 12.8. The highest BCUT2D eigenvalue weighted by Gasteiger charge is 2.18. The zero-order valence-corrected chi connectivity index (χ0v) is 10.5. The molecule has 6 nitrogen and oxygen atoms in total. The summed E-state index contributed by atoms with van der Waals surface area (Å²) in [5.74, 6) is 0.388. The van der Waals surface area contributed by atoms with Gasteiger partial charge in [0.05, 0.1) is 12.6 Å². The molecule has 0 bridgehead atoms. The number of ether oxygens (including phenoxy) is 1. The molecule has 1 unspecified atom stereocenters. The molecule has 0 spiro atoms. The Labute approximate surface area is 101 Å². The summed E-state index contributed by atoms with van der Waals surface area (Å²) in [6.45, 7) is 7.13. The molecule has 1 aromatic heterocycles. The standard InChI is InChI=1S/C11H20N4O2/c1-4-17-6-9(7(2)3)13-11(16)8-5-10(12)15-14-8/h5,7,9H,4,6H2,1-3H3,(H,13,16)(H3,12,14,15). The van der Waals surface area contributed by atoms with E-state index in [-0.39, 0.29) is 11.9 Å². The maximum Gasteiger partial charge on any atom is 0.269 e. The van der Waals surface area contributed by atoms with Crippen LogP contribution in [0.1, 0.15) is 31.3 Å². The molecule has 1 aromatic rings. The van der Waals surface area contributed by atoms with Crippen molar-refractivity contribution in [3.63, 3.8) is 0 Å². The van der Waals surface area contributed by atoms with Crippen molar-refractivity contribution in [2.24, 2.45) is 5.92 Å². The molecule has 0 fully saturated rings. The summed E-state index contributed by atoms with van der Waals surface area (Å²) in [4.78, 5) is 11.8. The lowest BCUT2D eigenvalue weighted by Crippen LogP contribution is -2.42. The highest BCUT2D eigenvalue weighted by Crippen LogP contribution is 2.05. The van der Waals surface area contributed by atoms with Crippen LogP contribution in [0.15, 0.2) is 6.07 Å². The third-order valence-corrected chi connectivity index (χ3v) is 2.47. The van der Waals surface area contributed by atoms with Crippen molar-refractivity contribution < 1.29 is 9.53 Å². The first-order valence-corrected chi connectivity index (χ1v) is 5.74. The number of carbonyl (C=O) groups is 1. The van der Waals surface area contributed by atoms with Crippen LogP contribution in [0.4, 0.5) is 5.82 Å². The Morgan fingerprint density at radius 1 is 1.65 bits per heavy atom. The van der Waals surface area contributed by atoms with Gasteiger partial charge < -0.3 is 15.8 Å². The van der Waals surface area contributed by atoms with Gasteiger partial charge in [-0.1, -0.05) is 13.8 Å². The fourth-order valence-corrected chi connectivity index (χ4v) is 1.35. The van der Waals surface area contributed by atoms with Crippen molar-refractivity contribution in [2.75, 3.05) is 18.9 Å². The van der Waals surface area contributed by atoms with Crippen molar-refractivity contribution in [3.8, 4) is 0 Å². The SMILES string of the molecule is CCOCC(NC(=O)c1cc(N)n[nH]1)C(C)C. The van der Waals surface area contributed by atoms with E-state index in [4.69, 9.17) is 10.5 Å². The highest BCUT2D eigenvalue weighted by molar-refractivity contribution is 5.93. The Morgan fingerprint density at radius 2 is 2.35 bits per heavy atom. The molecule has 1 atom stereocenters. The number of rotatable bonds is 6. The number of aromatic amines is 1. The minimum atomic E-state index is -0.215. The molecule has 1 amide bonds. The van der Waals surface area contributed by atoms with Gasteiger partial charge in [-0.15, -0.1) is 0 Å². The average molecular weight is 240 g/mol. The predicted molar refractivity (Wildman–Crippen MR) is 65.6 cm³/mol. The third kappa shape index (κ3) is 4.07. The largest absolute Gasteiger partial charge is 0.382 e. The maximum atomic E-state index is 11.8. The van der Waals surface area contributed by atoms with Crippen molar-refractivity contribution in [1.29, 1.82) is 0 Å². The van der Waals surface area contributed by atoms with E-state index in [0.717, 1.165) is 0 Å². The lowest BCUT2D eigenvalue weighted by Gasteiger charge is -2.21. The predicted octanol–water partition coefficient (Wildman–Crippen LogP) is 0.783. The monoisotopic (exact) mass is 240 g/mol. The first kappa shape index (κ1) is 13.5. The van der Waals surface area contributed by atoms with Gasteiger partial charge in [-0.25, -0.2) is 0 Å². The van der Waals surface area contributed by atoms with E-state index in [9.17, 15) is 4.79 Å². The smallest absolute Gasteiger partial charge is 0.269 e. The van der Waals surface area contributed by atoms with Crippen LogP contribution in [0.25, 0.3) is 0 Å². The van der Waals surface area contributed by atoms with E-state index in [1.165, 1.54) is 6.07 Å². The van der Waals surface area contributed by atoms with E-state index in [0.29, 0.717) is 30.6 Å². The molecule has 4 N–H and O–H groups in total. The van der Waals surface area contributed by atoms with Gasteiger partial charge in [0.1, 0.15) is 11.5 Å². The third-order valence-electron chi connectivity index (χ3n) is 2.47. The molecule has 0 aromatic carbocycles. The van der Waals surface area contributed by atoms with E-state index < -0.39 is 0 Å². The van der Waals surface area contributed by atoms with Crippen molar-refractivity contribution in [3.05, 3.63) is 11.8 Å². The van der Waals surface area contributed by atoms with Gasteiger partial charge >= 0.3 is 0 Å². The van der Waals surface area contributed by atoms with E-state index in [1.54, 1.807) is 0 Å². The Balaban J connectivity index is 2.57. The number of H-pyrrole nitrogens is 1. The van der Waals surface area contributed by atoms with Crippen LogP contribution in [-0.2, 0) is 4.74 Å². The fourth-order valence-electron chi connectivity index (χ4n) is 1.35. The summed E-state index contributed by atoms with van der Waals surface area (Å²) >= 11 is 0. The molecule has 0 aliphatic rings. The molecular weight excluding hydrogens is 220 g/mol. The highest BCUT2D eigenvalue weighted by atomic mass is 16.5. The van der Waals surface area contributed by atoms with Crippen LogP contribution < -0.4 is 11.1 Å². The van der Waals surface area contributed by atoms with Crippen LogP contribution in [0.3, 0.4) is 0 Å². The first-order chi connectivity index (χ1) is 8.04. The number of nitrogen functional groups attached to an aromatic ring is 1. The Bertz CT molecular complexity index is 362. The van der Waals surface area contributed by atoms with Gasteiger partial charge in [0.25, 0.3) is 5.91 Å². The van der Waals surface area contributed by atoms with Gasteiger partial charge in [-0.3, -0.25) is 9.89 Å². The van der Waals surface area contributed by atoms with Crippen LogP contribution in [-0.4, -0.2) is 35.4 Å². The summed E-state index contributed by atoms with van der Waals surface area (Å²) in [5.41, 5.74) is 5.81. The molecule has 0 saturated carbocycles. The number of aromatic nitrogens is 2. The van der Waals surface area contributed by atoms with Crippen LogP contribution in [0, 0.1) is 5.92 Å². The van der Waals surface area contributed by atoms with Crippen LogP contribution in [0.2, 0.25) is 0 Å². The maximum absolute atomic E-state index is 11.8. The number of carbonyl (C=O) groups excluding carboxylic acids is 1. The summed E-state index contributed by atoms with van der Waals surface area (Å²) in [7, 11) is 0. The lowest BCUT2D eigenvalue weighted by atomic mass is 10.1. The van der Waals surface area contributed by atoms with Gasteiger partial charge in [-0.2, -0.15) is 5.10 Å². The first-order valence-electron chi connectivity index (χ1n) is 5.74. The number of amides is 1. The number of nitrogens with one attached hydrogen (secondary N) is 2. The lowest BCUT2D eigenvalue weighted by molar-refractivity contribution is 0.0802. The minimum absolute atomic E-state index is 0.0213. The number of anilines is 1. The topological polar surface area (TPSA) is 93.0 Å². The Hall–Kier alpha value is -1.56. The normalized spacial score (nSPS) is 12.7. The molecule has 0 radical (unpaired) electrons. The molecule has 96 valence electrons. The Kier molecular flexibility index (Phi) is 4.96. The van der Waals surface area contributed by atoms with Crippen molar-refractivity contribution in [1.82, 2.24) is 15.5 Å². The van der Waals surface area contributed by atoms with Gasteiger partial charge in [0.2, 0.25) is 0 Å². The molecule has 0 saturated heterocycles. The second-order valence-corrected chi connectivity index (χ2v) is 4.19. The summed E-state index contributed by atoms with van der Waals surface area (Å²) < 4.78 is 5.33. The van der Waals surface area contributed by atoms with Crippen LogP contribution >= 0.6 is 0 Å². The van der Waals surface area contributed by atoms with Gasteiger partial charge in [-0.05, 0) is 12.8 Å². The van der Waals surface area contributed by atoms with E-state index in [2.05, 4.69) is 15.5 Å². The average Bonchev–Trinajstić information content (AvgIpc) is 2.70. The minimum Gasteiger partial charge on any atom is -0.382 e. The number of hydrogen-bond acceptors (Lipinski definition) is 4. The van der Waals surface area contributed by atoms with Gasteiger partial charge in [0.15, 0.2) is 0 Å². The summed E-state index contributed by atoms with van der Waals surface area (Å²) in [6, 6.07) is 1.49. The molecule has 1 rings (SSSR count). The second-order valence-electron chi connectivity index (χ2n) is 4.19. The molecule has 1 heterocycles. The molecule has 0 aliphatic carbocycles. The molecular formula is C11H20N4O2. The van der Waals surface area contributed by atoms with Crippen molar-refractivity contribution >= 4 is 11.7 Å². The quantitative estimate of drug-likeness (QED) is 0.685. The number of nitrogens with two attached hydrogens (primary N) is 1. The molecule has 17 heavy (non-hydrogen) atoms. The van der Waals surface area contributed by atoms with Crippen LogP contribution in [0.5, 0.6) is 0 Å². The van der Waals surface area contributed by atoms with E-state index >= 15 is 0 Å². The Morgan fingerprint density at radius 3 is 2.82 bits per heavy atom. The van der Waals surface area contributed by atoms with Gasteiger partial charge in [0, 0.05) is 12.7 Å². The van der Waals surface area contributed by atoms with E-state index in [1.807, 2.05) is 20.8 Å². The fraction of sp³-hybridized carbons (Fsp3) is 0.636. The zero-order valence-electron chi connectivity index (χ0n) is 10.5. The molecule has 6 heteroatoms. The number of nitrogens with zero attached hydrogens (tertiary/aromatic N) is 1. The van der Waals surface area contributed by atoms with Crippen molar-refractivity contribution in [2.45, 2.75) is 26.8 Å². The number of hydrogen-bond donors (Lipinski definition) is 3.